The van der Waals surface area contributed by atoms with Gasteiger partial charge in [-0.3, -0.25) is 0 Å². The Labute approximate surface area is 131 Å². The van der Waals surface area contributed by atoms with Gasteiger partial charge in [0, 0.05) is 6.61 Å². The van der Waals surface area contributed by atoms with Gasteiger partial charge in [0.25, 0.3) is 0 Å². The average Bonchev–Trinajstić information content (AvgIpc) is 2.53. The van der Waals surface area contributed by atoms with Crippen LogP contribution in [0.3, 0.4) is 0 Å². The van der Waals surface area contributed by atoms with Crippen LogP contribution in [-0.4, -0.2) is 18.7 Å². The van der Waals surface area contributed by atoms with Crippen LogP contribution in [0, 0.1) is 0 Å². The van der Waals surface area contributed by atoms with Crippen LogP contribution in [0.2, 0.25) is 0 Å². The maximum Gasteiger partial charge on any atom is 0.491 e. The minimum absolute atomic E-state index is 0.286. The van der Waals surface area contributed by atoms with Gasteiger partial charge < -0.3 is 20.5 Å². The summed E-state index contributed by atoms with van der Waals surface area (Å²) in [6.45, 7) is 0.462. The Kier molecular flexibility index (Phi) is 4.19. The highest BCUT2D eigenvalue weighted by Crippen LogP contribution is 2.30. The highest BCUT2D eigenvalue weighted by atomic mass is 19.4. The molecule has 3 N–H and O–H groups in total. The average molecular weight is 322 g/mol. The summed E-state index contributed by atoms with van der Waals surface area (Å²) < 4.78 is 43.2. The van der Waals surface area contributed by atoms with E-state index < -0.39 is 18.9 Å². The monoisotopic (exact) mass is 322 g/mol. The molecule has 0 radical (unpaired) electrons. The van der Waals surface area contributed by atoms with Crippen molar-refractivity contribution >= 4 is 24.0 Å². The van der Waals surface area contributed by atoms with E-state index in [4.69, 9.17) is 4.65 Å². The maximum absolute atomic E-state index is 12.7. The summed E-state index contributed by atoms with van der Waals surface area (Å²) in [5, 5.41) is 9.80. The molecule has 0 fully saturated rings. The molecule has 1 aliphatic heterocycles. The van der Waals surface area contributed by atoms with E-state index in [0.29, 0.717) is 24.2 Å². The lowest BCUT2D eigenvalue weighted by Gasteiger charge is -2.20. The Hall–Kier alpha value is -2.19. The van der Waals surface area contributed by atoms with Crippen LogP contribution in [0.5, 0.6) is 0 Å². The molecular weight excluding hydrogens is 308 g/mol. The number of anilines is 2. The van der Waals surface area contributed by atoms with Crippen molar-refractivity contribution in [2.75, 3.05) is 17.5 Å². The van der Waals surface area contributed by atoms with Crippen LogP contribution in [0.4, 0.5) is 24.5 Å². The van der Waals surface area contributed by atoms with E-state index in [1.807, 2.05) is 6.07 Å². The molecule has 2 aromatic carbocycles. The van der Waals surface area contributed by atoms with Crippen molar-refractivity contribution in [3.8, 4) is 0 Å². The predicted octanol–water partition coefficient (Wildman–Crippen LogP) is 2.40. The molecule has 0 aromatic heterocycles. The molecule has 120 valence electrons. The van der Waals surface area contributed by atoms with E-state index in [0.717, 1.165) is 17.7 Å². The van der Waals surface area contributed by atoms with Gasteiger partial charge in [-0.1, -0.05) is 12.1 Å². The van der Waals surface area contributed by atoms with E-state index in [1.165, 1.54) is 12.1 Å². The van der Waals surface area contributed by atoms with Crippen LogP contribution < -0.4 is 16.3 Å². The number of hydrogen-bond donors (Lipinski definition) is 3. The number of hydrogen-bond acceptors (Lipinski definition) is 4. The molecule has 2 aromatic rings. The largest absolute Gasteiger partial charge is 0.491 e. The molecule has 0 saturated heterocycles. The fourth-order valence-electron chi connectivity index (χ4n) is 2.42. The second-order valence-electron chi connectivity index (χ2n) is 5.22. The Bertz CT molecular complexity index is 709. The summed E-state index contributed by atoms with van der Waals surface area (Å²) in [5.41, 5.74) is 7.38. The highest BCUT2D eigenvalue weighted by Gasteiger charge is 2.30. The number of halogens is 3. The lowest BCUT2D eigenvalue weighted by molar-refractivity contribution is -0.137. The molecular formula is C15H14BF3N2O2. The van der Waals surface area contributed by atoms with Crippen molar-refractivity contribution in [2.24, 2.45) is 0 Å². The van der Waals surface area contributed by atoms with Gasteiger partial charge in [-0.05, 0) is 47.8 Å². The van der Waals surface area contributed by atoms with Crippen LogP contribution >= 0.6 is 0 Å². The fraction of sp³-hybridized carbons (Fsp3) is 0.200. The van der Waals surface area contributed by atoms with E-state index >= 15 is 0 Å². The summed E-state index contributed by atoms with van der Waals surface area (Å²) in [6.07, 6.45) is -3.67. The lowest BCUT2D eigenvalue weighted by atomic mass is 9.73. The molecule has 3 rings (SSSR count). The maximum atomic E-state index is 12.7. The van der Waals surface area contributed by atoms with Gasteiger partial charge in [-0.15, -0.1) is 0 Å². The second-order valence-corrected chi connectivity index (χ2v) is 5.22. The van der Waals surface area contributed by atoms with Crippen LogP contribution in [-0.2, 0) is 17.3 Å². The quantitative estimate of drug-likeness (QED) is 0.600. The molecule has 0 bridgehead atoms. The third kappa shape index (κ3) is 3.60. The zero-order chi connectivity index (χ0) is 16.4. The topological polar surface area (TPSA) is 53.5 Å². The van der Waals surface area contributed by atoms with Gasteiger partial charge >= 0.3 is 13.3 Å². The highest BCUT2D eigenvalue weighted by molar-refractivity contribution is 6.61. The molecule has 1 heterocycles. The molecule has 0 atom stereocenters. The smallest absolute Gasteiger partial charge is 0.423 e. The van der Waals surface area contributed by atoms with Crippen molar-refractivity contribution in [1.82, 2.24) is 0 Å². The molecule has 0 spiro atoms. The van der Waals surface area contributed by atoms with Crippen molar-refractivity contribution < 1.29 is 22.8 Å². The fourth-order valence-corrected chi connectivity index (χ4v) is 2.42. The summed E-state index contributed by atoms with van der Waals surface area (Å²) in [6, 6.07) is 10.2. The molecule has 1 aliphatic rings. The molecule has 0 saturated carbocycles. The Morgan fingerprint density at radius 2 is 1.78 bits per heavy atom. The minimum atomic E-state index is -4.38. The summed E-state index contributed by atoms with van der Waals surface area (Å²) in [4.78, 5) is 0. The molecule has 4 nitrogen and oxygen atoms in total. The van der Waals surface area contributed by atoms with Gasteiger partial charge in [0.1, 0.15) is 0 Å². The third-order valence-corrected chi connectivity index (χ3v) is 3.60. The van der Waals surface area contributed by atoms with Crippen molar-refractivity contribution in [1.29, 1.82) is 0 Å². The third-order valence-electron chi connectivity index (χ3n) is 3.60. The normalized spacial score (nSPS) is 14.3. The first-order valence-corrected chi connectivity index (χ1v) is 7.05. The minimum Gasteiger partial charge on any atom is -0.423 e. The first-order chi connectivity index (χ1) is 10.9. The Morgan fingerprint density at radius 3 is 2.52 bits per heavy atom. The van der Waals surface area contributed by atoms with Crippen molar-refractivity contribution in [3.63, 3.8) is 0 Å². The number of hydrazine groups is 1. The van der Waals surface area contributed by atoms with E-state index in [1.54, 1.807) is 12.1 Å². The van der Waals surface area contributed by atoms with Crippen LogP contribution in [0.25, 0.3) is 0 Å². The molecule has 0 unspecified atom stereocenters. The van der Waals surface area contributed by atoms with Crippen molar-refractivity contribution in [2.45, 2.75) is 12.6 Å². The number of fused-ring (bicyclic) bond motifs is 1. The molecule has 8 heteroatoms. The SMILES string of the molecule is OB1OCCc2ccc(NNc3cccc(C(F)(F)F)c3)cc21. The Morgan fingerprint density at radius 1 is 1.04 bits per heavy atom. The van der Waals surface area contributed by atoms with E-state index in [-0.39, 0.29) is 5.69 Å². The van der Waals surface area contributed by atoms with Gasteiger partial charge in [0.2, 0.25) is 0 Å². The van der Waals surface area contributed by atoms with Crippen LogP contribution in [0.15, 0.2) is 42.5 Å². The first kappa shape index (κ1) is 15.7. The number of rotatable bonds is 3. The first-order valence-electron chi connectivity index (χ1n) is 7.05. The molecule has 0 aliphatic carbocycles. The van der Waals surface area contributed by atoms with Gasteiger partial charge in [-0.2, -0.15) is 13.2 Å². The standard InChI is InChI=1S/C15H14BF3N2O2/c17-15(18,19)11-2-1-3-12(8-11)20-21-13-5-4-10-6-7-23-16(22)14(10)9-13/h1-5,8-9,20-22H,6-7H2. The zero-order valence-corrected chi connectivity index (χ0v) is 12.0. The van der Waals surface area contributed by atoms with Crippen LogP contribution in [0.1, 0.15) is 11.1 Å². The summed E-state index contributed by atoms with van der Waals surface area (Å²) >= 11 is 0. The van der Waals surface area contributed by atoms with E-state index in [2.05, 4.69) is 10.9 Å². The number of benzene rings is 2. The molecule has 0 amide bonds. The molecule has 23 heavy (non-hydrogen) atoms. The lowest BCUT2D eigenvalue weighted by Crippen LogP contribution is -2.41. The van der Waals surface area contributed by atoms with Crippen molar-refractivity contribution in [3.05, 3.63) is 53.6 Å². The second kappa shape index (κ2) is 6.13. The number of alkyl halides is 3. The van der Waals surface area contributed by atoms with Gasteiger partial charge in [0.05, 0.1) is 16.9 Å². The number of nitrogens with one attached hydrogen (secondary N) is 2. The Balaban J connectivity index is 1.73. The van der Waals surface area contributed by atoms with Gasteiger partial charge in [0.15, 0.2) is 0 Å². The zero-order valence-electron chi connectivity index (χ0n) is 12.0. The predicted molar refractivity (Wildman–Crippen MR) is 82.4 cm³/mol. The van der Waals surface area contributed by atoms with E-state index in [9.17, 15) is 18.2 Å². The summed E-state index contributed by atoms with van der Waals surface area (Å²) in [7, 11) is -0.978. The van der Waals surface area contributed by atoms with Gasteiger partial charge in [-0.25, -0.2) is 0 Å². The summed E-state index contributed by atoms with van der Waals surface area (Å²) in [5.74, 6) is 0.